The van der Waals surface area contributed by atoms with Crippen molar-refractivity contribution in [3.8, 4) is 0 Å². The summed E-state index contributed by atoms with van der Waals surface area (Å²) in [5.41, 5.74) is 8.49. The van der Waals surface area contributed by atoms with Crippen molar-refractivity contribution in [2.45, 2.75) is 6.42 Å². The average molecular weight is 342 g/mol. The maximum atomic E-state index is 13.6. The zero-order chi connectivity index (χ0) is 16.7. The fourth-order valence-corrected chi connectivity index (χ4v) is 3.96. The van der Waals surface area contributed by atoms with Gasteiger partial charge in [0.25, 0.3) is 5.91 Å². The second kappa shape index (κ2) is 5.92. The molecule has 5 nitrogen and oxygen atoms in total. The number of fused-ring (bicyclic) bond motifs is 2. The van der Waals surface area contributed by atoms with Crippen molar-refractivity contribution in [1.82, 2.24) is 9.97 Å². The highest BCUT2D eigenvalue weighted by molar-refractivity contribution is 7.17. The van der Waals surface area contributed by atoms with Crippen molar-refractivity contribution in [3.63, 3.8) is 0 Å². The van der Waals surface area contributed by atoms with Crippen molar-refractivity contribution in [3.05, 3.63) is 53.0 Å². The predicted octanol–water partition coefficient (Wildman–Crippen LogP) is 2.61. The third-order valence-electron chi connectivity index (χ3n) is 4.31. The minimum absolute atomic E-state index is 0.101. The summed E-state index contributed by atoms with van der Waals surface area (Å²) in [4.78, 5) is 23.2. The quantitative estimate of drug-likeness (QED) is 0.777. The first-order valence-electron chi connectivity index (χ1n) is 7.66. The van der Waals surface area contributed by atoms with Crippen LogP contribution in [0, 0.1) is 11.7 Å². The van der Waals surface area contributed by atoms with E-state index in [9.17, 15) is 9.18 Å². The lowest BCUT2D eigenvalue weighted by molar-refractivity contribution is 0.0977. The van der Waals surface area contributed by atoms with E-state index in [0.29, 0.717) is 25.2 Å². The Bertz CT molecular complexity index is 926. The molecule has 2 N–H and O–H groups in total. The van der Waals surface area contributed by atoms with Crippen molar-refractivity contribution < 1.29 is 9.18 Å². The fraction of sp³-hybridized carbons (Fsp3) is 0.235. The molecular formula is C17H15FN4OS. The van der Waals surface area contributed by atoms with Crippen LogP contribution in [-0.4, -0.2) is 29.0 Å². The van der Waals surface area contributed by atoms with E-state index in [1.165, 1.54) is 29.8 Å². The molecule has 1 amide bonds. The molecule has 2 aromatic heterocycles. The predicted molar refractivity (Wildman–Crippen MR) is 91.7 cm³/mol. The molecule has 0 radical (unpaired) electrons. The van der Waals surface area contributed by atoms with Crippen LogP contribution >= 0.6 is 11.3 Å². The van der Waals surface area contributed by atoms with E-state index < -0.39 is 0 Å². The van der Waals surface area contributed by atoms with Gasteiger partial charge in [-0.15, -0.1) is 11.3 Å². The summed E-state index contributed by atoms with van der Waals surface area (Å²) in [6.45, 7) is 0.947. The number of anilines is 1. The topological polar surface area (TPSA) is 72.1 Å². The number of hydrogen-bond donors (Lipinski definition) is 1. The van der Waals surface area contributed by atoms with Crippen molar-refractivity contribution >= 4 is 33.1 Å². The first kappa shape index (κ1) is 15.2. The summed E-state index contributed by atoms with van der Waals surface area (Å²) >= 11 is 1.44. The normalized spacial score (nSPS) is 17.1. The van der Waals surface area contributed by atoms with E-state index in [4.69, 9.17) is 5.73 Å². The Morgan fingerprint density at radius 2 is 2.25 bits per heavy atom. The molecule has 0 spiro atoms. The molecule has 4 rings (SSSR count). The number of carbonyl (C=O) groups is 1. The molecule has 1 aromatic carbocycles. The van der Waals surface area contributed by atoms with Crippen LogP contribution in [0.15, 0.2) is 36.0 Å². The number of halogens is 1. The van der Waals surface area contributed by atoms with Crippen LogP contribution in [0.4, 0.5) is 10.1 Å². The molecule has 3 heterocycles. The van der Waals surface area contributed by atoms with Gasteiger partial charge in [-0.3, -0.25) is 4.79 Å². The van der Waals surface area contributed by atoms with E-state index in [1.54, 1.807) is 11.0 Å². The molecule has 1 unspecified atom stereocenters. The number of benzene rings is 1. The van der Waals surface area contributed by atoms with Gasteiger partial charge < -0.3 is 10.6 Å². The van der Waals surface area contributed by atoms with Gasteiger partial charge in [0.2, 0.25) is 0 Å². The third-order valence-corrected chi connectivity index (χ3v) is 5.22. The lowest BCUT2D eigenvalue weighted by Gasteiger charge is -2.34. The number of carbonyl (C=O) groups excluding carboxylic acids is 1. The first-order valence-corrected chi connectivity index (χ1v) is 8.54. The van der Waals surface area contributed by atoms with Crippen LogP contribution < -0.4 is 10.6 Å². The monoisotopic (exact) mass is 342 g/mol. The van der Waals surface area contributed by atoms with Crippen LogP contribution in [0.5, 0.6) is 0 Å². The minimum Gasteiger partial charge on any atom is -0.330 e. The maximum Gasteiger partial charge on any atom is 0.278 e. The minimum atomic E-state index is -0.304. The molecule has 24 heavy (non-hydrogen) atoms. The highest BCUT2D eigenvalue weighted by Gasteiger charge is 2.30. The molecule has 3 aromatic rings. The summed E-state index contributed by atoms with van der Waals surface area (Å²) in [5, 5.41) is 1.89. The van der Waals surface area contributed by atoms with E-state index in [0.717, 1.165) is 21.5 Å². The lowest BCUT2D eigenvalue weighted by Crippen LogP contribution is -2.42. The molecule has 1 atom stereocenters. The Kier molecular flexibility index (Phi) is 3.74. The largest absolute Gasteiger partial charge is 0.330 e. The Morgan fingerprint density at radius 3 is 3.08 bits per heavy atom. The van der Waals surface area contributed by atoms with Crippen molar-refractivity contribution in [2.75, 3.05) is 18.0 Å². The highest BCUT2D eigenvalue weighted by atomic mass is 32.1. The standard InChI is InChI=1S/C17H15FN4OS/c18-12-1-2-14-11(6-12)5-10(7-19)8-22(14)17(23)15-16-13(3-4-24-16)20-9-21-15/h1-4,6,9-10H,5,7-8,19H2. The van der Waals surface area contributed by atoms with Crippen LogP contribution in [0.25, 0.3) is 10.2 Å². The Balaban J connectivity index is 1.80. The molecule has 0 bridgehead atoms. The van der Waals surface area contributed by atoms with Crippen LogP contribution in [0.3, 0.4) is 0 Å². The Hall–Kier alpha value is -2.38. The van der Waals surface area contributed by atoms with Gasteiger partial charge in [0.15, 0.2) is 0 Å². The van der Waals surface area contributed by atoms with Crippen LogP contribution in [0.2, 0.25) is 0 Å². The number of hydrogen-bond acceptors (Lipinski definition) is 5. The molecule has 122 valence electrons. The van der Waals surface area contributed by atoms with Gasteiger partial charge >= 0.3 is 0 Å². The van der Waals surface area contributed by atoms with Crippen molar-refractivity contribution in [2.24, 2.45) is 11.7 Å². The van der Waals surface area contributed by atoms with E-state index in [-0.39, 0.29) is 17.6 Å². The Morgan fingerprint density at radius 1 is 1.38 bits per heavy atom. The molecular weight excluding hydrogens is 327 g/mol. The number of nitrogens with zero attached hydrogens (tertiary/aromatic N) is 3. The zero-order valence-corrected chi connectivity index (χ0v) is 13.6. The zero-order valence-electron chi connectivity index (χ0n) is 12.8. The SMILES string of the molecule is NCC1Cc2cc(F)ccc2N(C(=O)c2ncnc3ccsc23)C1. The van der Waals surface area contributed by atoms with Crippen LogP contribution in [-0.2, 0) is 6.42 Å². The van der Waals surface area contributed by atoms with Crippen LogP contribution in [0.1, 0.15) is 16.1 Å². The molecule has 0 fully saturated rings. The van der Waals surface area contributed by atoms with Gasteiger partial charge in [0, 0.05) is 12.2 Å². The third kappa shape index (κ3) is 2.46. The number of amides is 1. The van der Waals surface area contributed by atoms with Gasteiger partial charge in [-0.25, -0.2) is 14.4 Å². The van der Waals surface area contributed by atoms with E-state index in [2.05, 4.69) is 9.97 Å². The molecule has 0 aliphatic carbocycles. The highest BCUT2D eigenvalue weighted by Crippen LogP contribution is 2.32. The summed E-state index contributed by atoms with van der Waals surface area (Å²) < 4.78 is 14.4. The molecule has 0 saturated heterocycles. The number of nitrogens with two attached hydrogens (primary N) is 1. The molecule has 7 heteroatoms. The summed E-state index contributed by atoms with van der Waals surface area (Å²) in [5.74, 6) is -0.402. The summed E-state index contributed by atoms with van der Waals surface area (Å²) in [6, 6.07) is 6.38. The van der Waals surface area contributed by atoms with Gasteiger partial charge in [-0.2, -0.15) is 0 Å². The second-order valence-corrected chi connectivity index (χ2v) is 6.77. The molecule has 1 aliphatic heterocycles. The Labute approximate surface area is 141 Å². The molecule has 1 aliphatic rings. The fourth-order valence-electron chi connectivity index (χ4n) is 3.13. The molecule has 0 saturated carbocycles. The summed E-state index contributed by atoms with van der Waals surface area (Å²) in [7, 11) is 0. The van der Waals surface area contributed by atoms with E-state index in [1.807, 2.05) is 11.4 Å². The maximum absolute atomic E-state index is 13.6. The van der Waals surface area contributed by atoms with Gasteiger partial charge in [-0.05, 0) is 54.1 Å². The number of rotatable bonds is 2. The smallest absolute Gasteiger partial charge is 0.278 e. The lowest BCUT2D eigenvalue weighted by atomic mass is 9.92. The summed E-state index contributed by atoms with van der Waals surface area (Å²) in [6.07, 6.45) is 2.07. The second-order valence-electron chi connectivity index (χ2n) is 5.85. The number of thiophene rings is 1. The van der Waals surface area contributed by atoms with Gasteiger partial charge in [-0.1, -0.05) is 0 Å². The van der Waals surface area contributed by atoms with Gasteiger partial charge in [0.1, 0.15) is 17.8 Å². The average Bonchev–Trinajstić information content (AvgIpc) is 3.08. The first-order chi connectivity index (χ1) is 11.7. The number of aromatic nitrogens is 2. The van der Waals surface area contributed by atoms with Crippen molar-refractivity contribution in [1.29, 1.82) is 0 Å². The van der Waals surface area contributed by atoms with Gasteiger partial charge in [0.05, 0.1) is 10.2 Å². The van der Waals surface area contributed by atoms with E-state index >= 15 is 0 Å².